The molecule has 0 spiro atoms. The van der Waals surface area contributed by atoms with Gasteiger partial charge < -0.3 is 5.32 Å². The zero-order valence-electron chi connectivity index (χ0n) is 16.8. The Labute approximate surface area is 179 Å². The highest BCUT2D eigenvalue weighted by Gasteiger charge is 2.61. The number of imide groups is 1. The van der Waals surface area contributed by atoms with E-state index in [4.69, 9.17) is 0 Å². The number of carbonyl (C=O) groups is 3. The van der Waals surface area contributed by atoms with Gasteiger partial charge >= 0.3 is 0 Å². The minimum atomic E-state index is -0.265. The summed E-state index contributed by atoms with van der Waals surface area (Å²) in [5.41, 5.74) is 2.37. The van der Waals surface area contributed by atoms with Crippen LogP contribution in [0, 0.1) is 23.7 Å². The van der Waals surface area contributed by atoms with Gasteiger partial charge in [-0.05, 0) is 67.5 Å². The molecule has 2 saturated carbocycles. The van der Waals surface area contributed by atoms with Gasteiger partial charge in [0, 0.05) is 17.1 Å². The van der Waals surface area contributed by atoms with Crippen molar-refractivity contribution in [2.75, 3.05) is 10.2 Å². The Kier molecular flexibility index (Phi) is 3.96. The van der Waals surface area contributed by atoms with Crippen LogP contribution in [-0.2, 0) is 9.59 Å². The van der Waals surface area contributed by atoms with E-state index < -0.39 is 0 Å². The number of aromatic nitrogens is 1. The van der Waals surface area contributed by atoms with Crippen LogP contribution in [0.25, 0.3) is 10.9 Å². The third-order valence-electron chi connectivity index (χ3n) is 7.20. The molecule has 1 saturated heterocycles. The lowest BCUT2D eigenvalue weighted by Gasteiger charge is -2.19. The smallest absolute Gasteiger partial charge is 0.255 e. The van der Waals surface area contributed by atoms with Gasteiger partial charge in [0.15, 0.2) is 0 Å². The summed E-state index contributed by atoms with van der Waals surface area (Å²) in [6.07, 6.45) is 4.82. The van der Waals surface area contributed by atoms with Crippen LogP contribution in [0.3, 0.4) is 0 Å². The molecule has 0 radical (unpaired) electrons. The van der Waals surface area contributed by atoms with E-state index in [1.165, 1.54) is 4.90 Å². The first-order valence-corrected chi connectivity index (χ1v) is 10.7. The highest BCUT2D eigenvalue weighted by Crippen LogP contribution is 2.56. The number of fused-ring (bicyclic) bond motifs is 6. The number of hydrogen-bond donors (Lipinski definition) is 1. The Bertz CT molecular complexity index is 1200. The zero-order valence-corrected chi connectivity index (χ0v) is 16.8. The van der Waals surface area contributed by atoms with Crippen molar-refractivity contribution in [3.05, 3.63) is 66.4 Å². The maximum absolute atomic E-state index is 13.0. The van der Waals surface area contributed by atoms with Gasteiger partial charge in [0.2, 0.25) is 11.8 Å². The Morgan fingerprint density at radius 1 is 0.903 bits per heavy atom. The molecule has 4 atom stereocenters. The average molecular weight is 411 g/mol. The van der Waals surface area contributed by atoms with Gasteiger partial charge in [-0.1, -0.05) is 18.2 Å². The number of para-hydroxylation sites is 1. The van der Waals surface area contributed by atoms with Gasteiger partial charge in [0.1, 0.15) is 0 Å². The van der Waals surface area contributed by atoms with Crippen LogP contribution < -0.4 is 10.2 Å². The van der Waals surface area contributed by atoms with Crippen LogP contribution in [0.2, 0.25) is 0 Å². The minimum absolute atomic E-state index is 0.0683. The quantitative estimate of drug-likeness (QED) is 0.660. The normalized spacial score (nSPS) is 26.5. The topological polar surface area (TPSA) is 79.4 Å². The maximum Gasteiger partial charge on any atom is 0.255 e. The van der Waals surface area contributed by atoms with Crippen LogP contribution in [0.15, 0.2) is 60.8 Å². The zero-order chi connectivity index (χ0) is 21.1. The highest BCUT2D eigenvalue weighted by atomic mass is 16.2. The predicted octanol–water partition coefficient (Wildman–Crippen LogP) is 4.02. The van der Waals surface area contributed by atoms with Crippen LogP contribution in [0.5, 0.6) is 0 Å². The maximum atomic E-state index is 13.0. The van der Waals surface area contributed by atoms with E-state index in [9.17, 15) is 14.4 Å². The van der Waals surface area contributed by atoms with Crippen molar-refractivity contribution < 1.29 is 14.4 Å². The van der Waals surface area contributed by atoms with Gasteiger partial charge in [0.25, 0.3) is 5.91 Å². The van der Waals surface area contributed by atoms with Crippen molar-refractivity contribution in [1.82, 2.24) is 4.98 Å². The second kappa shape index (κ2) is 6.74. The number of rotatable bonds is 3. The fourth-order valence-corrected chi connectivity index (χ4v) is 5.82. The Hall–Kier alpha value is -3.54. The summed E-state index contributed by atoms with van der Waals surface area (Å²) in [6, 6.07) is 16.1. The van der Waals surface area contributed by atoms with Crippen LogP contribution in [-0.4, -0.2) is 22.7 Å². The van der Waals surface area contributed by atoms with Crippen LogP contribution >= 0.6 is 0 Å². The van der Waals surface area contributed by atoms with Crippen molar-refractivity contribution in [3.8, 4) is 0 Å². The lowest BCUT2D eigenvalue weighted by molar-refractivity contribution is -0.123. The molecule has 3 aromatic rings. The molecule has 2 heterocycles. The predicted molar refractivity (Wildman–Crippen MR) is 116 cm³/mol. The SMILES string of the molecule is O=C(Nc1cccc2cccnc12)c1ccc(N2C(=O)[C@@H]3[C@@H]4CCC(C4)[C@@H]3C2=O)cc1. The molecule has 2 aliphatic carbocycles. The largest absolute Gasteiger partial charge is 0.320 e. The van der Waals surface area contributed by atoms with Crippen molar-refractivity contribution in [3.63, 3.8) is 0 Å². The van der Waals surface area contributed by atoms with Crippen LogP contribution in [0.1, 0.15) is 29.6 Å². The van der Waals surface area contributed by atoms with Gasteiger partial charge in [-0.2, -0.15) is 0 Å². The van der Waals surface area contributed by atoms with E-state index in [1.807, 2.05) is 30.3 Å². The number of pyridine rings is 1. The first-order valence-electron chi connectivity index (χ1n) is 10.7. The highest BCUT2D eigenvalue weighted by molar-refractivity contribution is 6.22. The molecule has 6 rings (SSSR count). The number of nitrogens with zero attached hydrogens (tertiary/aromatic N) is 2. The molecule has 2 bridgehead atoms. The second-order valence-corrected chi connectivity index (χ2v) is 8.78. The van der Waals surface area contributed by atoms with E-state index in [0.717, 1.165) is 30.2 Å². The van der Waals surface area contributed by atoms with Gasteiger partial charge in [-0.25, -0.2) is 0 Å². The number of carbonyl (C=O) groups excluding carboxylic acids is 3. The summed E-state index contributed by atoms with van der Waals surface area (Å²) in [5, 5.41) is 3.86. The fourth-order valence-electron chi connectivity index (χ4n) is 5.82. The standard InChI is InChI=1S/C25H21N3O3/c29-23(27-19-5-1-3-14-4-2-12-26-22(14)19)15-8-10-18(11-9-15)28-24(30)20-16-6-7-17(13-16)21(20)25(28)31/h1-5,8-12,16-17,20-21H,6-7,13H2,(H,27,29)/t16-,17?,20-,21+/m1/s1. The van der Waals surface area contributed by atoms with Gasteiger partial charge in [-0.3, -0.25) is 24.3 Å². The van der Waals surface area contributed by atoms with Gasteiger partial charge in [0.05, 0.1) is 28.7 Å². The Morgan fingerprint density at radius 2 is 1.58 bits per heavy atom. The molecule has 3 fully saturated rings. The molecule has 1 aromatic heterocycles. The van der Waals surface area contributed by atoms with Crippen molar-refractivity contribution in [2.45, 2.75) is 19.3 Å². The minimum Gasteiger partial charge on any atom is -0.320 e. The molecule has 1 unspecified atom stereocenters. The number of anilines is 2. The summed E-state index contributed by atoms with van der Waals surface area (Å²) in [7, 11) is 0. The number of hydrogen-bond acceptors (Lipinski definition) is 4. The Balaban J connectivity index is 1.24. The van der Waals surface area contributed by atoms with E-state index in [0.29, 0.717) is 28.8 Å². The molecule has 6 nitrogen and oxygen atoms in total. The van der Waals surface area contributed by atoms with E-state index in [2.05, 4.69) is 10.3 Å². The second-order valence-electron chi connectivity index (χ2n) is 8.78. The lowest BCUT2D eigenvalue weighted by Crippen LogP contribution is -2.32. The first kappa shape index (κ1) is 18.2. The monoisotopic (exact) mass is 411 g/mol. The van der Waals surface area contributed by atoms with E-state index in [1.54, 1.807) is 30.5 Å². The summed E-state index contributed by atoms with van der Waals surface area (Å²) < 4.78 is 0. The third-order valence-corrected chi connectivity index (χ3v) is 7.20. The average Bonchev–Trinajstić information content (AvgIpc) is 3.48. The molecule has 1 N–H and O–H groups in total. The van der Waals surface area contributed by atoms with Crippen molar-refractivity contribution in [2.24, 2.45) is 23.7 Å². The summed E-state index contributed by atoms with van der Waals surface area (Å²) >= 11 is 0. The number of nitrogens with one attached hydrogen (secondary N) is 1. The molecule has 3 amide bonds. The molecular weight excluding hydrogens is 390 g/mol. The van der Waals surface area contributed by atoms with Crippen LogP contribution in [0.4, 0.5) is 11.4 Å². The van der Waals surface area contributed by atoms with Crippen molar-refractivity contribution in [1.29, 1.82) is 0 Å². The molecule has 6 heteroatoms. The first-order chi connectivity index (χ1) is 15.1. The van der Waals surface area contributed by atoms with E-state index in [-0.39, 0.29) is 29.6 Å². The Morgan fingerprint density at radius 3 is 2.29 bits per heavy atom. The summed E-state index contributed by atoms with van der Waals surface area (Å²) in [4.78, 5) is 44.5. The fraction of sp³-hybridized carbons (Fsp3) is 0.280. The lowest BCUT2D eigenvalue weighted by atomic mass is 9.81. The van der Waals surface area contributed by atoms with Crippen molar-refractivity contribution >= 4 is 40.0 Å². The summed E-state index contributed by atoms with van der Waals surface area (Å²) in [6.45, 7) is 0. The number of amides is 3. The molecule has 154 valence electrons. The molecule has 3 aliphatic rings. The third kappa shape index (κ3) is 2.71. The molecule has 1 aliphatic heterocycles. The number of benzene rings is 2. The molecular formula is C25H21N3O3. The molecule has 2 aromatic carbocycles. The van der Waals surface area contributed by atoms with E-state index >= 15 is 0 Å². The van der Waals surface area contributed by atoms with Gasteiger partial charge in [-0.15, -0.1) is 0 Å². The summed E-state index contributed by atoms with van der Waals surface area (Å²) in [5.74, 6) is 0.0222. The molecule has 31 heavy (non-hydrogen) atoms.